The first-order valence-corrected chi connectivity index (χ1v) is 6.24. The number of carbonyl (C=O) groups is 2. The molecule has 18 heavy (non-hydrogen) atoms. The second kappa shape index (κ2) is 4.80. The summed E-state index contributed by atoms with van der Waals surface area (Å²) in [6.45, 7) is 4.69. The van der Waals surface area contributed by atoms with Gasteiger partial charge in [-0.25, -0.2) is 4.79 Å². The van der Waals surface area contributed by atoms with Crippen LogP contribution in [0.3, 0.4) is 0 Å². The molecule has 0 aromatic carbocycles. The van der Waals surface area contributed by atoms with E-state index in [4.69, 9.17) is 0 Å². The van der Waals surface area contributed by atoms with E-state index < -0.39 is 0 Å². The molecule has 1 unspecified atom stereocenters. The average molecular weight is 246 g/mol. The summed E-state index contributed by atoms with van der Waals surface area (Å²) in [5.74, 6) is -0.203. The molecule has 2 aliphatic rings. The number of nitrogens with one attached hydrogen (secondary N) is 1. The Morgan fingerprint density at radius 1 is 1.39 bits per heavy atom. The molecular formula is C14H18N2O2. The van der Waals surface area contributed by atoms with E-state index in [1.165, 1.54) is 0 Å². The number of hydrogen-bond acceptors (Lipinski definition) is 2. The summed E-state index contributed by atoms with van der Waals surface area (Å²) in [5, 5.41) is 2.35. The molecule has 1 N–H and O–H groups in total. The van der Waals surface area contributed by atoms with Gasteiger partial charge in [0.15, 0.2) is 0 Å². The van der Waals surface area contributed by atoms with Crippen LogP contribution in [0.1, 0.15) is 26.7 Å². The third-order valence-electron chi connectivity index (χ3n) is 3.46. The molecule has 4 nitrogen and oxygen atoms in total. The van der Waals surface area contributed by atoms with Crippen molar-refractivity contribution < 1.29 is 9.59 Å². The summed E-state index contributed by atoms with van der Waals surface area (Å²) in [6.07, 6.45) is 11.4. The Bertz CT molecular complexity index is 462. The third kappa shape index (κ3) is 2.53. The highest BCUT2D eigenvalue weighted by molar-refractivity contribution is 5.97. The minimum absolute atomic E-state index is 0.0550. The van der Waals surface area contributed by atoms with Gasteiger partial charge in [-0.3, -0.25) is 15.0 Å². The van der Waals surface area contributed by atoms with Crippen molar-refractivity contribution in [1.82, 2.24) is 10.2 Å². The maximum absolute atomic E-state index is 11.8. The fraction of sp³-hybridized carbons (Fsp3) is 0.429. The maximum Gasteiger partial charge on any atom is 0.328 e. The quantitative estimate of drug-likeness (QED) is 0.813. The summed E-state index contributed by atoms with van der Waals surface area (Å²) in [4.78, 5) is 24.6. The van der Waals surface area contributed by atoms with Gasteiger partial charge in [0.25, 0.3) is 0 Å². The number of rotatable bonds is 2. The van der Waals surface area contributed by atoms with E-state index in [2.05, 4.69) is 31.3 Å². The van der Waals surface area contributed by atoms with E-state index in [9.17, 15) is 9.59 Å². The predicted octanol–water partition coefficient (Wildman–Crippen LogP) is 2.35. The summed E-state index contributed by atoms with van der Waals surface area (Å²) in [5.41, 5.74) is 0.801. The van der Waals surface area contributed by atoms with Gasteiger partial charge in [-0.1, -0.05) is 38.2 Å². The van der Waals surface area contributed by atoms with Crippen LogP contribution in [-0.4, -0.2) is 23.4 Å². The highest BCUT2D eigenvalue weighted by atomic mass is 16.2. The van der Waals surface area contributed by atoms with E-state index >= 15 is 0 Å². The molecule has 96 valence electrons. The zero-order valence-corrected chi connectivity index (χ0v) is 10.8. The summed E-state index contributed by atoms with van der Waals surface area (Å²) < 4.78 is 0. The number of allylic oxidation sites excluding steroid dienone is 5. The zero-order chi connectivity index (χ0) is 13.2. The van der Waals surface area contributed by atoms with Gasteiger partial charge >= 0.3 is 6.03 Å². The van der Waals surface area contributed by atoms with Crippen molar-refractivity contribution in [3.8, 4) is 0 Å². The van der Waals surface area contributed by atoms with Crippen molar-refractivity contribution in [1.29, 1.82) is 0 Å². The highest BCUT2D eigenvalue weighted by Crippen LogP contribution is 2.30. The summed E-state index contributed by atoms with van der Waals surface area (Å²) in [6, 6.07) is -0.331. The van der Waals surface area contributed by atoms with Crippen LogP contribution in [0.2, 0.25) is 0 Å². The van der Waals surface area contributed by atoms with Gasteiger partial charge in [-0.15, -0.1) is 0 Å². The zero-order valence-electron chi connectivity index (χ0n) is 10.8. The van der Waals surface area contributed by atoms with E-state index in [-0.39, 0.29) is 17.4 Å². The number of urea groups is 1. The molecule has 1 aliphatic carbocycles. The first-order valence-electron chi connectivity index (χ1n) is 6.24. The molecule has 0 aromatic rings. The lowest BCUT2D eigenvalue weighted by Gasteiger charge is -2.29. The number of hydrogen-bond donors (Lipinski definition) is 1. The van der Waals surface area contributed by atoms with Gasteiger partial charge in [-0.05, 0) is 12.5 Å². The minimum Gasteiger partial charge on any atom is -0.294 e. The fourth-order valence-corrected chi connectivity index (χ4v) is 2.06. The average Bonchev–Trinajstić information content (AvgIpc) is 2.52. The van der Waals surface area contributed by atoms with Crippen LogP contribution in [0.25, 0.3) is 0 Å². The maximum atomic E-state index is 11.8. The van der Waals surface area contributed by atoms with Crippen molar-refractivity contribution in [3.05, 3.63) is 36.1 Å². The van der Waals surface area contributed by atoms with Crippen molar-refractivity contribution in [2.45, 2.75) is 26.7 Å². The molecule has 1 atom stereocenters. The molecule has 0 saturated carbocycles. The molecule has 0 aromatic heterocycles. The Labute approximate surface area is 107 Å². The van der Waals surface area contributed by atoms with Crippen LogP contribution in [0.4, 0.5) is 4.79 Å². The molecule has 1 aliphatic heterocycles. The standard InChI is InChI=1S/C14H18N2O2/c1-3-14(2)8-5-4-6-11(10-14)16-9-7-12(17)15-13(16)18/h4-6,8,10H,3,7,9H2,1-2H3,(H,15,17,18). The van der Waals surface area contributed by atoms with Gasteiger partial charge in [0.1, 0.15) is 0 Å². The van der Waals surface area contributed by atoms with Gasteiger partial charge in [0.05, 0.1) is 0 Å². The van der Waals surface area contributed by atoms with E-state index in [1.54, 1.807) is 4.90 Å². The minimum atomic E-state index is -0.331. The van der Waals surface area contributed by atoms with Crippen LogP contribution < -0.4 is 5.32 Å². The number of nitrogens with zero attached hydrogens (tertiary/aromatic N) is 1. The Morgan fingerprint density at radius 2 is 2.17 bits per heavy atom. The highest BCUT2D eigenvalue weighted by Gasteiger charge is 2.27. The van der Waals surface area contributed by atoms with Crippen LogP contribution in [-0.2, 0) is 4.79 Å². The lowest BCUT2D eigenvalue weighted by Crippen LogP contribution is -2.48. The molecule has 2 rings (SSSR count). The van der Waals surface area contributed by atoms with Crippen molar-refractivity contribution >= 4 is 11.9 Å². The second-order valence-electron chi connectivity index (χ2n) is 4.90. The van der Waals surface area contributed by atoms with Gasteiger partial charge in [0, 0.05) is 24.1 Å². The Hall–Kier alpha value is -1.84. The molecule has 0 radical (unpaired) electrons. The van der Waals surface area contributed by atoms with Gasteiger partial charge in [-0.2, -0.15) is 0 Å². The van der Waals surface area contributed by atoms with Crippen LogP contribution >= 0.6 is 0 Å². The normalized spacial score (nSPS) is 27.9. The molecule has 4 heteroatoms. The van der Waals surface area contributed by atoms with E-state index in [0.29, 0.717) is 13.0 Å². The summed E-state index contributed by atoms with van der Waals surface area (Å²) in [7, 11) is 0. The fourth-order valence-electron chi connectivity index (χ4n) is 2.06. The largest absolute Gasteiger partial charge is 0.328 e. The van der Waals surface area contributed by atoms with Crippen LogP contribution in [0, 0.1) is 5.41 Å². The van der Waals surface area contributed by atoms with Crippen molar-refractivity contribution in [3.63, 3.8) is 0 Å². The van der Waals surface area contributed by atoms with E-state index in [0.717, 1.165) is 12.1 Å². The molecule has 0 spiro atoms. The van der Waals surface area contributed by atoms with Gasteiger partial charge in [0.2, 0.25) is 5.91 Å². The predicted molar refractivity (Wildman–Crippen MR) is 69.6 cm³/mol. The molecule has 1 heterocycles. The number of amides is 3. The molecular weight excluding hydrogens is 228 g/mol. The van der Waals surface area contributed by atoms with Gasteiger partial charge < -0.3 is 0 Å². The monoisotopic (exact) mass is 246 g/mol. The molecule has 0 bridgehead atoms. The first kappa shape index (κ1) is 12.6. The Balaban J connectivity index is 2.27. The molecule has 1 saturated heterocycles. The van der Waals surface area contributed by atoms with Crippen LogP contribution in [0.5, 0.6) is 0 Å². The van der Waals surface area contributed by atoms with E-state index in [1.807, 2.05) is 18.2 Å². The van der Waals surface area contributed by atoms with Crippen molar-refractivity contribution in [2.24, 2.45) is 5.41 Å². The first-order chi connectivity index (χ1) is 8.54. The lowest BCUT2D eigenvalue weighted by molar-refractivity contribution is -0.121. The molecule has 1 fully saturated rings. The van der Waals surface area contributed by atoms with Crippen LogP contribution in [0.15, 0.2) is 36.1 Å². The topological polar surface area (TPSA) is 49.4 Å². The third-order valence-corrected chi connectivity index (χ3v) is 3.46. The summed E-state index contributed by atoms with van der Waals surface area (Å²) >= 11 is 0. The second-order valence-corrected chi connectivity index (χ2v) is 4.90. The number of imide groups is 1. The van der Waals surface area contributed by atoms with Crippen molar-refractivity contribution in [2.75, 3.05) is 6.54 Å². The molecule has 3 amide bonds. The smallest absolute Gasteiger partial charge is 0.294 e. The Kier molecular flexibility index (Phi) is 3.36. The number of carbonyl (C=O) groups excluding carboxylic acids is 2. The Morgan fingerprint density at radius 3 is 2.83 bits per heavy atom. The lowest BCUT2D eigenvalue weighted by atomic mass is 9.86. The SMILES string of the molecule is CCC1(C)C=CC=CC(N2CCC(=O)NC2=O)=C1.